The first-order valence-corrected chi connectivity index (χ1v) is 13.9. The van der Waals surface area contributed by atoms with E-state index in [1.807, 2.05) is 0 Å². The van der Waals surface area contributed by atoms with Crippen molar-refractivity contribution in [3.05, 3.63) is 0 Å². The Kier molecular flexibility index (Phi) is 3.59. The van der Waals surface area contributed by atoms with Gasteiger partial charge in [0.1, 0.15) is 0 Å². The van der Waals surface area contributed by atoms with E-state index in [-0.39, 0.29) is 21.5 Å². The Labute approximate surface area is 64.2 Å². The molecule has 0 amide bonds. The molecule has 0 atom stereocenters. The fourth-order valence-electron chi connectivity index (χ4n) is 1.31. The van der Waals surface area contributed by atoms with Gasteiger partial charge in [-0.15, -0.1) is 0 Å². The third kappa shape index (κ3) is 2.14. The molecule has 1 aliphatic rings. The molecule has 2 heteroatoms. The van der Waals surface area contributed by atoms with Gasteiger partial charge < -0.3 is 0 Å². The van der Waals surface area contributed by atoms with Gasteiger partial charge in [0.2, 0.25) is 0 Å². The second kappa shape index (κ2) is 3.99. The van der Waals surface area contributed by atoms with Crippen LogP contribution in [0.15, 0.2) is 0 Å². The van der Waals surface area contributed by atoms with Crippen molar-refractivity contribution < 1.29 is 21.5 Å². The molecule has 1 rings (SSSR count). The van der Waals surface area contributed by atoms with Crippen molar-refractivity contribution >= 4 is 6.94 Å². The zero-order valence-electron chi connectivity index (χ0n) is 5.32. The van der Waals surface area contributed by atoms with Crippen LogP contribution < -0.4 is 0 Å². The van der Waals surface area contributed by atoms with E-state index in [2.05, 4.69) is 6.94 Å². The molecule has 0 aromatic carbocycles. The first-order chi connectivity index (χ1) is 3.93. The predicted octanol–water partition coefficient (Wildman–Crippen LogP) is 1.37. The fourth-order valence-corrected chi connectivity index (χ4v) is 7.58. The molecule has 0 saturated heterocycles. The fraction of sp³-hybridized carbons (Fsp3) is 1.00. The quantitative estimate of drug-likeness (QED) is 0.640. The standard InChI is InChI=1S/C6H11.Hf.H2Si/c1-2-4-6-5-3-1;;/h1H,2-6H2;;1H2. The Morgan fingerprint density at radius 1 is 1.12 bits per heavy atom. The molecule has 1 aliphatic carbocycles. The third-order valence-corrected chi connectivity index (χ3v) is 10.8. The molecule has 45 valence electrons. The van der Waals surface area contributed by atoms with E-state index in [9.17, 15) is 0 Å². The molecule has 1 saturated carbocycles. The molecule has 0 spiro atoms. The minimum atomic E-state index is -0.0234. The van der Waals surface area contributed by atoms with E-state index in [1.54, 1.807) is 25.7 Å². The molecule has 0 bridgehead atoms. The number of hydrogen-bond donors (Lipinski definition) is 0. The summed E-state index contributed by atoms with van der Waals surface area (Å²) in [5.74, 6) is 0. The monoisotopic (exact) mass is 293 g/mol. The van der Waals surface area contributed by atoms with Crippen LogP contribution in [-0.4, -0.2) is 6.94 Å². The maximum absolute atomic E-state index is 2.33. The maximum atomic E-state index is 2.33. The van der Waals surface area contributed by atoms with Gasteiger partial charge in [-0.25, -0.2) is 0 Å². The Morgan fingerprint density at radius 3 is 2.12 bits per heavy atom. The molecule has 0 aromatic heterocycles. The number of rotatable bonds is 1. The predicted molar refractivity (Wildman–Crippen MR) is 35.4 cm³/mol. The molecular formula is C6H13HfSi. The zero-order valence-corrected chi connectivity index (χ0v) is 10.3. The van der Waals surface area contributed by atoms with E-state index in [4.69, 9.17) is 0 Å². The van der Waals surface area contributed by atoms with Gasteiger partial charge >= 0.3 is 64.3 Å². The van der Waals surface area contributed by atoms with Crippen molar-refractivity contribution in [2.75, 3.05) is 0 Å². The molecule has 0 aromatic rings. The Morgan fingerprint density at radius 2 is 1.75 bits per heavy atom. The molecule has 1 fully saturated rings. The van der Waals surface area contributed by atoms with E-state index < -0.39 is 0 Å². The van der Waals surface area contributed by atoms with Crippen molar-refractivity contribution in [3.63, 3.8) is 0 Å². The van der Waals surface area contributed by atoms with Crippen LogP contribution in [0.5, 0.6) is 0 Å². The first kappa shape index (κ1) is 7.20. The van der Waals surface area contributed by atoms with Crippen LogP contribution in [0.4, 0.5) is 0 Å². The summed E-state index contributed by atoms with van der Waals surface area (Å²) in [5, 5.41) is 0. The van der Waals surface area contributed by atoms with Crippen LogP contribution in [0.1, 0.15) is 32.1 Å². The van der Waals surface area contributed by atoms with Gasteiger partial charge in [-0.2, -0.15) is 0 Å². The summed E-state index contributed by atoms with van der Waals surface area (Å²) in [4.78, 5) is 0. The van der Waals surface area contributed by atoms with E-state index in [0.717, 1.165) is 0 Å². The summed E-state index contributed by atoms with van der Waals surface area (Å²) in [7, 11) is 0. The topological polar surface area (TPSA) is 0 Å². The average Bonchev–Trinajstić information content (AvgIpc) is 1.90. The zero-order chi connectivity index (χ0) is 5.82. The van der Waals surface area contributed by atoms with Gasteiger partial charge in [-0.1, -0.05) is 0 Å². The van der Waals surface area contributed by atoms with Gasteiger partial charge in [0.05, 0.1) is 0 Å². The Balaban J connectivity index is 2.22. The van der Waals surface area contributed by atoms with Crippen molar-refractivity contribution in [3.8, 4) is 0 Å². The second-order valence-corrected chi connectivity index (χ2v) is 10.3. The summed E-state index contributed by atoms with van der Waals surface area (Å²) in [5.41, 5.74) is 0. The summed E-state index contributed by atoms with van der Waals surface area (Å²) in [6.07, 6.45) is 7.84. The van der Waals surface area contributed by atoms with Crippen LogP contribution in [0.3, 0.4) is 0 Å². The van der Waals surface area contributed by atoms with E-state index >= 15 is 0 Å². The van der Waals surface area contributed by atoms with Gasteiger partial charge in [-0.3, -0.25) is 0 Å². The summed E-state index contributed by atoms with van der Waals surface area (Å²) >= 11 is -0.0234. The molecule has 0 heterocycles. The van der Waals surface area contributed by atoms with Crippen LogP contribution in [0.2, 0.25) is 3.67 Å². The first-order valence-electron chi connectivity index (χ1n) is 3.46. The summed E-state index contributed by atoms with van der Waals surface area (Å²) in [6.45, 7) is 2.33. The number of hydrogen-bond acceptors (Lipinski definition) is 0. The van der Waals surface area contributed by atoms with Gasteiger partial charge in [0.15, 0.2) is 0 Å². The van der Waals surface area contributed by atoms with Crippen LogP contribution in [0, 0.1) is 0 Å². The van der Waals surface area contributed by atoms with Gasteiger partial charge in [0, 0.05) is 0 Å². The third-order valence-electron chi connectivity index (χ3n) is 1.89. The van der Waals surface area contributed by atoms with Crippen molar-refractivity contribution in [1.29, 1.82) is 0 Å². The molecule has 0 N–H and O–H groups in total. The molecule has 0 unspecified atom stereocenters. The Bertz CT molecular complexity index is 76.6. The normalized spacial score (nSPS) is 22.5. The molecule has 0 radical (unpaired) electrons. The van der Waals surface area contributed by atoms with Crippen molar-refractivity contribution in [2.45, 2.75) is 35.8 Å². The van der Waals surface area contributed by atoms with Crippen LogP contribution >= 0.6 is 0 Å². The molecule has 8 heavy (non-hydrogen) atoms. The summed E-state index contributed by atoms with van der Waals surface area (Å²) < 4.78 is 1.29. The van der Waals surface area contributed by atoms with E-state index in [1.165, 1.54) is 10.1 Å². The van der Waals surface area contributed by atoms with Crippen molar-refractivity contribution in [2.24, 2.45) is 0 Å². The van der Waals surface area contributed by atoms with Gasteiger partial charge in [0.25, 0.3) is 0 Å². The molecule has 0 nitrogen and oxygen atoms in total. The van der Waals surface area contributed by atoms with E-state index in [0.29, 0.717) is 0 Å². The van der Waals surface area contributed by atoms with Crippen LogP contribution in [-0.2, 0) is 21.5 Å². The minimum absolute atomic E-state index is 0.0234. The van der Waals surface area contributed by atoms with Crippen LogP contribution in [0.25, 0.3) is 0 Å². The summed E-state index contributed by atoms with van der Waals surface area (Å²) in [6, 6.07) is 0. The second-order valence-electron chi connectivity index (χ2n) is 2.54. The molecule has 0 aliphatic heterocycles. The molecular weight excluding hydrogens is 279 g/mol. The Hall–Kier alpha value is 1.09. The SMILES string of the molecule is [SiH2]=[Hf][CH]1CCCCC1. The average molecular weight is 292 g/mol. The van der Waals surface area contributed by atoms with Gasteiger partial charge in [-0.05, 0) is 0 Å². The van der Waals surface area contributed by atoms with Crippen molar-refractivity contribution in [1.82, 2.24) is 0 Å².